The average Bonchev–Trinajstić information content (AvgIpc) is 2.30. The van der Waals surface area contributed by atoms with Crippen molar-refractivity contribution in [2.75, 3.05) is 17.1 Å². The molecule has 1 aromatic carbocycles. The van der Waals surface area contributed by atoms with Gasteiger partial charge in [-0.15, -0.1) is 0 Å². The lowest BCUT2D eigenvalue weighted by Crippen LogP contribution is -2.23. The first kappa shape index (κ1) is 16.8. The van der Waals surface area contributed by atoms with Crippen LogP contribution in [0.4, 0.5) is 10.1 Å². The number of sulfonamides is 1. The van der Waals surface area contributed by atoms with Gasteiger partial charge >= 0.3 is 0 Å². The molecule has 0 aromatic heterocycles. The molecule has 0 fully saturated rings. The topological polar surface area (TPSA) is 81.4 Å². The summed E-state index contributed by atoms with van der Waals surface area (Å²) in [6, 6.07) is 3.50. The fraction of sp³-hybridized carbons (Fsp3) is 0.417. The molecular weight excluding hydrogens is 303 g/mol. The van der Waals surface area contributed by atoms with Crippen molar-refractivity contribution >= 4 is 32.9 Å². The summed E-state index contributed by atoms with van der Waals surface area (Å²) in [4.78, 5) is -0.0827. The smallest absolute Gasteiger partial charge is 0.235 e. The van der Waals surface area contributed by atoms with Gasteiger partial charge in [0.1, 0.15) is 10.8 Å². The van der Waals surface area contributed by atoms with Gasteiger partial charge in [-0.2, -0.15) is 0 Å². The van der Waals surface area contributed by atoms with Crippen molar-refractivity contribution in [3.05, 3.63) is 29.6 Å². The molecule has 0 bridgehead atoms. The van der Waals surface area contributed by atoms with E-state index in [2.05, 4.69) is 4.72 Å². The molecule has 0 unspecified atom stereocenters. The Morgan fingerprint density at radius 3 is 2.70 bits per heavy atom. The molecule has 1 aromatic rings. The van der Waals surface area contributed by atoms with Crippen LogP contribution in [0.1, 0.15) is 19.4 Å². The average molecular weight is 320 g/mol. The third kappa shape index (κ3) is 5.40. The third-order valence-corrected chi connectivity index (χ3v) is 3.77. The molecule has 5 nitrogen and oxygen atoms in total. The molecule has 1 rings (SSSR count). The summed E-state index contributed by atoms with van der Waals surface area (Å²) in [5.74, 6) is -0.752. The summed E-state index contributed by atoms with van der Waals surface area (Å²) in [5, 5.41) is 0. The molecule has 0 atom stereocenters. The van der Waals surface area contributed by atoms with Crippen molar-refractivity contribution in [3.8, 4) is 0 Å². The van der Waals surface area contributed by atoms with Crippen LogP contribution in [0.3, 0.4) is 0 Å². The fourth-order valence-electron chi connectivity index (χ4n) is 1.42. The van der Waals surface area contributed by atoms with E-state index >= 15 is 0 Å². The minimum absolute atomic E-state index is 0.0526. The zero-order valence-corrected chi connectivity index (χ0v) is 12.9. The third-order valence-electron chi connectivity index (χ3n) is 2.32. The van der Waals surface area contributed by atoms with E-state index in [9.17, 15) is 12.8 Å². The van der Waals surface area contributed by atoms with Crippen molar-refractivity contribution < 1.29 is 17.5 Å². The van der Waals surface area contributed by atoms with Crippen molar-refractivity contribution in [2.45, 2.75) is 20.0 Å². The maximum absolute atomic E-state index is 13.1. The first-order valence-electron chi connectivity index (χ1n) is 5.93. The van der Waals surface area contributed by atoms with Crippen LogP contribution in [0.5, 0.6) is 0 Å². The van der Waals surface area contributed by atoms with Crippen molar-refractivity contribution in [2.24, 2.45) is 5.73 Å². The fourth-order valence-corrected chi connectivity index (χ4v) is 2.52. The first-order chi connectivity index (χ1) is 9.21. The van der Waals surface area contributed by atoms with E-state index in [1.807, 2.05) is 13.8 Å². The van der Waals surface area contributed by atoms with Gasteiger partial charge in [0.15, 0.2) is 0 Å². The Labute approximate surface area is 123 Å². The second kappa shape index (κ2) is 6.96. The second-order valence-electron chi connectivity index (χ2n) is 4.39. The molecule has 0 saturated carbocycles. The summed E-state index contributed by atoms with van der Waals surface area (Å²) >= 11 is 4.77. The Hall–Kier alpha value is -1.25. The van der Waals surface area contributed by atoms with E-state index in [4.69, 9.17) is 22.7 Å². The van der Waals surface area contributed by atoms with Crippen LogP contribution in [0.2, 0.25) is 0 Å². The van der Waals surface area contributed by atoms with E-state index in [-0.39, 0.29) is 34.7 Å². The number of rotatable bonds is 7. The van der Waals surface area contributed by atoms with Crippen LogP contribution in [-0.2, 0) is 14.8 Å². The zero-order valence-electron chi connectivity index (χ0n) is 11.2. The Morgan fingerprint density at radius 2 is 2.15 bits per heavy atom. The SMILES string of the molecule is CC(C)OCCS(=O)(=O)Nc1ccc(F)cc1C(N)=S. The summed E-state index contributed by atoms with van der Waals surface area (Å²) in [6.07, 6.45) is -0.0526. The number of halogens is 1. The molecule has 0 aliphatic heterocycles. The molecule has 0 spiro atoms. The zero-order chi connectivity index (χ0) is 15.3. The van der Waals surface area contributed by atoms with Crippen LogP contribution in [0, 0.1) is 5.82 Å². The highest BCUT2D eigenvalue weighted by Gasteiger charge is 2.15. The lowest BCUT2D eigenvalue weighted by atomic mass is 10.2. The van der Waals surface area contributed by atoms with Crippen LogP contribution in [0.25, 0.3) is 0 Å². The monoisotopic (exact) mass is 320 g/mol. The van der Waals surface area contributed by atoms with Crippen molar-refractivity contribution in [3.63, 3.8) is 0 Å². The summed E-state index contributed by atoms with van der Waals surface area (Å²) in [6.45, 7) is 3.69. The molecule has 0 aliphatic rings. The highest BCUT2D eigenvalue weighted by Crippen LogP contribution is 2.18. The predicted molar refractivity (Wildman–Crippen MR) is 80.8 cm³/mol. The van der Waals surface area contributed by atoms with Crippen LogP contribution < -0.4 is 10.5 Å². The van der Waals surface area contributed by atoms with E-state index in [1.165, 1.54) is 6.07 Å². The lowest BCUT2D eigenvalue weighted by molar-refractivity contribution is 0.0913. The quantitative estimate of drug-likeness (QED) is 0.746. The lowest BCUT2D eigenvalue weighted by Gasteiger charge is -2.13. The Balaban J connectivity index is 2.84. The maximum atomic E-state index is 13.1. The van der Waals surface area contributed by atoms with E-state index < -0.39 is 15.8 Å². The van der Waals surface area contributed by atoms with Gasteiger partial charge in [0.05, 0.1) is 24.2 Å². The Morgan fingerprint density at radius 1 is 1.50 bits per heavy atom. The van der Waals surface area contributed by atoms with Gasteiger partial charge in [0, 0.05) is 5.56 Å². The number of ether oxygens (including phenoxy) is 1. The molecule has 3 N–H and O–H groups in total. The van der Waals surface area contributed by atoms with Gasteiger partial charge in [0.25, 0.3) is 0 Å². The Bertz CT molecular complexity index is 588. The largest absolute Gasteiger partial charge is 0.389 e. The number of nitrogens with one attached hydrogen (secondary N) is 1. The minimum Gasteiger partial charge on any atom is -0.389 e. The standard InChI is InChI=1S/C12H17FN2O3S2/c1-8(2)18-5-6-20(16,17)15-11-4-3-9(13)7-10(11)12(14)19/h3-4,7-8,15H,5-6H2,1-2H3,(H2,14,19). The van der Waals surface area contributed by atoms with Crippen molar-refractivity contribution in [1.82, 2.24) is 0 Å². The summed E-state index contributed by atoms with van der Waals surface area (Å²) in [7, 11) is -3.61. The van der Waals surface area contributed by atoms with Gasteiger partial charge in [-0.05, 0) is 32.0 Å². The number of thiocarbonyl (C=S) groups is 1. The molecule has 112 valence electrons. The van der Waals surface area contributed by atoms with Gasteiger partial charge in [0.2, 0.25) is 10.0 Å². The Kier molecular flexibility index (Phi) is 5.85. The van der Waals surface area contributed by atoms with Crippen LogP contribution >= 0.6 is 12.2 Å². The number of benzene rings is 1. The first-order valence-corrected chi connectivity index (χ1v) is 7.99. The van der Waals surface area contributed by atoms with Crippen LogP contribution in [-0.4, -0.2) is 31.9 Å². The molecule has 0 aliphatic carbocycles. The van der Waals surface area contributed by atoms with Gasteiger partial charge in [-0.1, -0.05) is 12.2 Å². The van der Waals surface area contributed by atoms with E-state index in [0.717, 1.165) is 12.1 Å². The second-order valence-corrected chi connectivity index (χ2v) is 6.68. The molecular formula is C12H17FN2O3S2. The highest BCUT2D eigenvalue weighted by atomic mass is 32.2. The molecule has 20 heavy (non-hydrogen) atoms. The number of nitrogens with two attached hydrogens (primary N) is 1. The number of anilines is 1. The summed E-state index contributed by atoms with van der Waals surface area (Å²) < 4.78 is 44.4. The van der Waals surface area contributed by atoms with E-state index in [1.54, 1.807) is 0 Å². The maximum Gasteiger partial charge on any atom is 0.235 e. The molecule has 0 saturated heterocycles. The predicted octanol–water partition coefficient (Wildman–Crippen LogP) is 1.63. The normalized spacial score (nSPS) is 11.6. The van der Waals surface area contributed by atoms with Gasteiger partial charge < -0.3 is 10.5 Å². The highest BCUT2D eigenvalue weighted by molar-refractivity contribution is 7.92. The molecule has 0 heterocycles. The van der Waals surface area contributed by atoms with Gasteiger partial charge in [-0.3, -0.25) is 4.72 Å². The molecule has 0 amide bonds. The van der Waals surface area contributed by atoms with Crippen LogP contribution in [0.15, 0.2) is 18.2 Å². The van der Waals surface area contributed by atoms with Gasteiger partial charge in [-0.25, -0.2) is 12.8 Å². The minimum atomic E-state index is -3.61. The van der Waals surface area contributed by atoms with E-state index in [0.29, 0.717) is 0 Å². The molecule has 8 heteroatoms. The number of hydrogen-bond acceptors (Lipinski definition) is 4. The summed E-state index contributed by atoms with van der Waals surface area (Å²) in [5.41, 5.74) is 5.75. The number of hydrogen-bond donors (Lipinski definition) is 2. The van der Waals surface area contributed by atoms with Crippen molar-refractivity contribution in [1.29, 1.82) is 0 Å². The molecule has 0 radical (unpaired) electrons.